The fourth-order valence-corrected chi connectivity index (χ4v) is 2.01. The van der Waals surface area contributed by atoms with E-state index in [4.69, 9.17) is 4.84 Å². The van der Waals surface area contributed by atoms with Crippen molar-refractivity contribution in [3.63, 3.8) is 0 Å². The normalized spacial score (nSPS) is 18.7. The molecule has 106 valence electrons. The quantitative estimate of drug-likeness (QED) is 0.621. The first-order chi connectivity index (χ1) is 8.89. The topological polar surface area (TPSA) is 41.6 Å². The van der Waals surface area contributed by atoms with Crippen LogP contribution in [0.3, 0.4) is 0 Å². The Labute approximate surface area is 117 Å². The van der Waals surface area contributed by atoms with Crippen LogP contribution in [0.4, 0.5) is 0 Å². The van der Waals surface area contributed by atoms with E-state index in [1.165, 1.54) is 12.2 Å². The molecule has 0 spiro atoms. The fourth-order valence-electron chi connectivity index (χ4n) is 1.75. The maximum Gasteiger partial charge on any atom is 0.263 e. The molecule has 0 radical (unpaired) electrons. The minimum Gasteiger partial charge on any atom is -0.289 e. The van der Waals surface area contributed by atoms with Crippen LogP contribution >= 0.6 is 9.39 Å². The number of carbonyl (C=O) groups is 1. The molecule has 5 heteroatoms. The Hall–Kier alpha value is -0.960. The van der Waals surface area contributed by atoms with Crippen LogP contribution in [-0.2, 0) is 9.63 Å². The van der Waals surface area contributed by atoms with Crippen molar-refractivity contribution in [2.24, 2.45) is 5.41 Å². The number of nitrogens with zero attached hydrogens (tertiary/aromatic N) is 1. The number of allylic oxidation sites excluding steroid dienone is 5. The highest BCUT2D eigenvalue weighted by atomic mass is 31.0. The molecule has 0 aliphatic heterocycles. The summed E-state index contributed by atoms with van der Waals surface area (Å²) in [6.45, 7) is 4.29. The van der Waals surface area contributed by atoms with E-state index in [2.05, 4.69) is 46.6 Å². The van der Waals surface area contributed by atoms with Crippen molar-refractivity contribution in [2.45, 2.75) is 26.3 Å². The second-order valence-corrected chi connectivity index (χ2v) is 5.53. The summed E-state index contributed by atoms with van der Waals surface area (Å²) in [5, 5.41) is 4.19. The lowest BCUT2D eigenvalue weighted by atomic mass is 9.93. The molecule has 0 bridgehead atoms. The molecule has 1 N–H and O–H groups in total. The van der Waals surface area contributed by atoms with E-state index in [0.717, 1.165) is 5.57 Å². The number of nitrogens with one attached hydrogen (secondary N) is 1. The van der Waals surface area contributed by atoms with Crippen LogP contribution in [0.25, 0.3) is 0 Å². The molecule has 0 aromatic heterocycles. The molecule has 2 atom stereocenters. The first-order valence-electron chi connectivity index (χ1n) is 6.25. The Morgan fingerprint density at radius 2 is 2.21 bits per heavy atom. The Morgan fingerprint density at radius 1 is 1.53 bits per heavy atom. The molecule has 4 nitrogen and oxygen atoms in total. The lowest BCUT2D eigenvalue weighted by Crippen LogP contribution is -2.41. The minimum atomic E-state index is -0.319. The predicted molar refractivity (Wildman–Crippen MR) is 81.2 cm³/mol. The summed E-state index contributed by atoms with van der Waals surface area (Å²) in [6, 6.07) is -0.319. The van der Waals surface area contributed by atoms with Gasteiger partial charge < -0.3 is 0 Å². The Morgan fingerprint density at radius 3 is 2.79 bits per heavy atom. The van der Waals surface area contributed by atoms with Gasteiger partial charge in [-0.1, -0.05) is 53.6 Å². The van der Waals surface area contributed by atoms with Gasteiger partial charge in [0.05, 0.1) is 13.2 Å². The first kappa shape index (κ1) is 16.1. The molecular weight excluding hydrogens is 259 g/mol. The van der Waals surface area contributed by atoms with Crippen LogP contribution in [0.5, 0.6) is 0 Å². The van der Waals surface area contributed by atoms with Gasteiger partial charge in [0.2, 0.25) is 0 Å². The average Bonchev–Trinajstić information content (AvgIpc) is 2.55. The molecular formula is C14H23N2O2P. The van der Waals surface area contributed by atoms with E-state index in [1.54, 1.807) is 7.05 Å². The van der Waals surface area contributed by atoms with Gasteiger partial charge in [-0.15, -0.1) is 0 Å². The Kier molecular flexibility index (Phi) is 5.92. The van der Waals surface area contributed by atoms with Gasteiger partial charge in [0, 0.05) is 12.5 Å². The van der Waals surface area contributed by atoms with Crippen molar-refractivity contribution in [3.8, 4) is 0 Å². The van der Waals surface area contributed by atoms with Crippen LogP contribution < -0.4 is 5.09 Å². The van der Waals surface area contributed by atoms with Gasteiger partial charge in [0.25, 0.3) is 5.91 Å². The second-order valence-electron chi connectivity index (χ2n) is 5.20. The zero-order chi connectivity index (χ0) is 14.5. The third kappa shape index (κ3) is 4.90. The highest BCUT2D eigenvalue weighted by Crippen LogP contribution is 2.24. The number of carbonyl (C=O) groups excluding carboxylic acids is 1. The molecule has 1 rings (SSSR count). The summed E-state index contributed by atoms with van der Waals surface area (Å²) in [6.07, 6.45) is 11.1. The van der Waals surface area contributed by atoms with Crippen LogP contribution in [0.2, 0.25) is 0 Å². The predicted octanol–water partition coefficient (Wildman–Crippen LogP) is 2.22. The van der Waals surface area contributed by atoms with Crippen molar-refractivity contribution in [2.75, 3.05) is 14.2 Å². The van der Waals surface area contributed by atoms with Crippen LogP contribution in [0.15, 0.2) is 36.0 Å². The monoisotopic (exact) mass is 282 g/mol. The second kappa shape index (κ2) is 6.99. The highest BCUT2D eigenvalue weighted by molar-refractivity contribution is 7.13. The summed E-state index contributed by atoms with van der Waals surface area (Å²) in [5.74, 6) is -0.0979. The minimum absolute atomic E-state index is 0.0511. The zero-order valence-electron chi connectivity index (χ0n) is 12.0. The number of hydrogen-bond acceptors (Lipinski definition) is 3. The first-order valence-corrected chi connectivity index (χ1v) is 6.83. The molecule has 19 heavy (non-hydrogen) atoms. The highest BCUT2D eigenvalue weighted by Gasteiger charge is 2.22. The molecule has 2 unspecified atom stereocenters. The molecule has 0 aromatic carbocycles. The van der Waals surface area contributed by atoms with Crippen molar-refractivity contribution in [1.82, 2.24) is 10.2 Å². The van der Waals surface area contributed by atoms with Crippen LogP contribution in [0, 0.1) is 5.41 Å². The lowest BCUT2D eigenvalue weighted by molar-refractivity contribution is -0.170. The molecule has 0 fully saturated rings. The largest absolute Gasteiger partial charge is 0.289 e. The van der Waals surface area contributed by atoms with Crippen LogP contribution in [0.1, 0.15) is 20.3 Å². The van der Waals surface area contributed by atoms with Gasteiger partial charge >= 0.3 is 0 Å². The van der Waals surface area contributed by atoms with E-state index in [-0.39, 0.29) is 17.4 Å². The van der Waals surface area contributed by atoms with Gasteiger partial charge in [-0.05, 0) is 12.0 Å². The maximum atomic E-state index is 12.0. The van der Waals surface area contributed by atoms with Gasteiger partial charge in [0.1, 0.15) is 0 Å². The van der Waals surface area contributed by atoms with Crippen molar-refractivity contribution in [3.05, 3.63) is 36.0 Å². The molecule has 1 aliphatic rings. The van der Waals surface area contributed by atoms with Crippen molar-refractivity contribution in [1.29, 1.82) is 0 Å². The lowest BCUT2D eigenvalue weighted by Gasteiger charge is -2.21. The average molecular weight is 282 g/mol. The molecule has 0 aromatic rings. The SMILES string of the molecule is CON(C)C(=O)C(CC1=CC=CC(C)(C)C=C1)NP. The van der Waals surface area contributed by atoms with Crippen LogP contribution in [-0.4, -0.2) is 31.2 Å². The summed E-state index contributed by atoms with van der Waals surface area (Å²) in [7, 11) is 5.48. The molecule has 0 heterocycles. The van der Waals surface area contributed by atoms with E-state index in [1.807, 2.05) is 12.2 Å². The molecule has 1 amide bonds. The van der Waals surface area contributed by atoms with Gasteiger partial charge in [-0.25, -0.2) is 5.06 Å². The summed E-state index contributed by atoms with van der Waals surface area (Å²) in [4.78, 5) is 17.0. The van der Waals surface area contributed by atoms with E-state index in [0.29, 0.717) is 6.42 Å². The van der Waals surface area contributed by atoms with E-state index >= 15 is 0 Å². The number of amides is 1. The number of rotatable bonds is 5. The molecule has 0 saturated heterocycles. The van der Waals surface area contributed by atoms with Gasteiger partial charge in [-0.3, -0.25) is 14.7 Å². The zero-order valence-corrected chi connectivity index (χ0v) is 13.2. The maximum absolute atomic E-state index is 12.0. The summed E-state index contributed by atoms with van der Waals surface area (Å²) >= 11 is 0. The van der Waals surface area contributed by atoms with Crippen molar-refractivity contribution < 1.29 is 9.63 Å². The van der Waals surface area contributed by atoms with Gasteiger partial charge in [0.15, 0.2) is 0 Å². The summed E-state index contributed by atoms with van der Waals surface area (Å²) < 4.78 is 0. The summed E-state index contributed by atoms with van der Waals surface area (Å²) in [5.41, 5.74) is 1.16. The van der Waals surface area contributed by atoms with Gasteiger partial charge in [-0.2, -0.15) is 0 Å². The Balaban J connectivity index is 2.75. The fraction of sp³-hybridized carbons (Fsp3) is 0.500. The van der Waals surface area contributed by atoms with E-state index < -0.39 is 0 Å². The van der Waals surface area contributed by atoms with E-state index in [9.17, 15) is 4.79 Å². The molecule has 1 aliphatic carbocycles. The smallest absolute Gasteiger partial charge is 0.263 e. The number of hydroxylamine groups is 2. The number of hydrogen-bond donors (Lipinski definition) is 1. The third-order valence-corrected chi connectivity index (χ3v) is 3.49. The number of likely N-dealkylation sites (N-methyl/N-ethyl adjacent to an activating group) is 1. The van der Waals surface area contributed by atoms with Crippen molar-refractivity contribution >= 4 is 15.3 Å². The standard InChI is InChI=1S/C14H23N2O2P/c1-14(2)8-5-6-11(7-9-14)10-12(15-19)13(17)16(3)18-4/h5-9,12,15H,10,19H2,1-4H3. The third-order valence-electron chi connectivity index (χ3n) is 3.09. The molecule has 0 saturated carbocycles. The Bertz CT molecular complexity index is 414.